The van der Waals surface area contributed by atoms with Gasteiger partial charge in [0.2, 0.25) is 13.6 Å². The van der Waals surface area contributed by atoms with Gasteiger partial charge in [-0.05, 0) is 97.5 Å². The van der Waals surface area contributed by atoms with E-state index in [1.165, 1.54) is 47.9 Å². The third-order valence-electron chi connectivity index (χ3n) is 9.72. The van der Waals surface area contributed by atoms with E-state index in [1.54, 1.807) is 36.4 Å². The number of amides is 2. The van der Waals surface area contributed by atoms with Crippen LogP contribution in [0.3, 0.4) is 0 Å². The molecule has 13 heteroatoms. The van der Waals surface area contributed by atoms with Crippen LogP contribution in [0.1, 0.15) is 56.8 Å². The number of hydrogen-bond donors (Lipinski definition) is 2. The second-order valence-corrected chi connectivity index (χ2v) is 13.2. The molecule has 0 spiro atoms. The average Bonchev–Trinajstić information content (AvgIpc) is 3.79. The van der Waals surface area contributed by atoms with Crippen LogP contribution in [0.5, 0.6) is 23.0 Å². The Morgan fingerprint density at radius 2 is 1.00 bits per heavy atom. The van der Waals surface area contributed by atoms with Crippen LogP contribution in [0, 0.1) is 11.6 Å². The van der Waals surface area contributed by atoms with Gasteiger partial charge in [-0.15, -0.1) is 0 Å². The lowest BCUT2D eigenvalue weighted by atomic mass is 9.90. The minimum atomic E-state index is -1.52. The summed E-state index contributed by atoms with van der Waals surface area (Å²) in [4.78, 5) is 42.4. The van der Waals surface area contributed by atoms with Crippen molar-refractivity contribution < 1.29 is 52.3 Å². The second-order valence-electron chi connectivity index (χ2n) is 13.2. The lowest BCUT2D eigenvalue weighted by Crippen LogP contribution is -2.50. The molecule has 1 fully saturated rings. The second kappa shape index (κ2) is 14.2. The number of halogens is 2. The summed E-state index contributed by atoms with van der Waals surface area (Å²) in [5, 5.41) is 24.2. The van der Waals surface area contributed by atoms with Gasteiger partial charge in [-0.1, -0.05) is 24.3 Å². The first-order valence-corrected chi connectivity index (χ1v) is 16.8. The molecule has 11 nitrogen and oxygen atoms in total. The van der Waals surface area contributed by atoms with Crippen LogP contribution in [0.4, 0.5) is 13.6 Å². The number of urea groups is 1. The van der Waals surface area contributed by atoms with Gasteiger partial charge in [0.25, 0.3) is 0 Å². The van der Waals surface area contributed by atoms with Crippen molar-refractivity contribution in [3.8, 4) is 23.0 Å². The van der Waals surface area contributed by atoms with Crippen LogP contribution < -0.4 is 18.9 Å². The van der Waals surface area contributed by atoms with E-state index in [0.29, 0.717) is 45.3 Å². The van der Waals surface area contributed by atoms with Crippen molar-refractivity contribution in [3.63, 3.8) is 0 Å². The highest BCUT2D eigenvalue weighted by Crippen LogP contribution is 2.37. The average molecular weight is 715 g/mol. The Hall–Kier alpha value is -5.53. The zero-order valence-corrected chi connectivity index (χ0v) is 28.4. The van der Waals surface area contributed by atoms with Gasteiger partial charge in [-0.25, -0.2) is 13.6 Å². The summed E-state index contributed by atoms with van der Waals surface area (Å²) >= 11 is 0. The molecule has 2 amide bonds. The number of nitrogens with zero attached hydrogens (tertiary/aromatic N) is 2. The molecule has 270 valence electrons. The molecule has 0 aliphatic carbocycles. The first-order valence-electron chi connectivity index (χ1n) is 16.8. The summed E-state index contributed by atoms with van der Waals surface area (Å²) in [5.74, 6) is -0.371. The van der Waals surface area contributed by atoms with Gasteiger partial charge in [-0.3, -0.25) is 9.59 Å². The molecule has 4 atom stereocenters. The Morgan fingerprint density at radius 3 is 1.40 bits per heavy atom. The monoisotopic (exact) mass is 714 g/mol. The van der Waals surface area contributed by atoms with Gasteiger partial charge < -0.3 is 39.0 Å². The number of aliphatic hydroxyl groups excluding tert-OH is 2. The van der Waals surface area contributed by atoms with Crippen molar-refractivity contribution >= 4 is 17.6 Å². The quantitative estimate of drug-likeness (QED) is 0.212. The Bertz CT molecular complexity index is 1910. The highest BCUT2D eigenvalue weighted by atomic mass is 19.1. The van der Waals surface area contributed by atoms with Crippen LogP contribution in [0.15, 0.2) is 72.8 Å². The van der Waals surface area contributed by atoms with Gasteiger partial charge in [0.15, 0.2) is 34.6 Å². The maximum atomic E-state index is 15.1. The van der Waals surface area contributed by atoms with Crippen LogP contribution in [-0.4, -0.2) is 75.5 Å². The van der Waals surface area contributed by atoms with E-state index in [4.69, 9.17) is 18.9 Å². The van der Waals surface area contributed by atoms with E-state index in [-0.39, 0.29) is 50.6 Å². The van der Waals surface area contributed by atoms with Gasteiger partial charge in [0, 0.05) is 13.1 Å². The van der Waals surface area contributed by atoms with Crippen LogP contribution in [0.2, 0.25) is 0 Å². The molecule has 0 bridgehead atoms. The molecule has 0 unspecified atom stereocenters. The fraction of sp³-hybridized carbons (Fsp3) is 0.308. The summed E-state index contributed by atoms with van der Waals surface area (Å²) in [5.41, 5.74) is 1.85. The first kappa shape index (κ1) is 34.9. The molecule has 3 aliphatic rings. The van der Waals surface area contributed by atoms with E-state index < -0.39 is 53.5 Å². The number of carbonyl (C=O) groups is 3. The molecular formula is C39H36F2N2O9. The summed E-state index contributed by atoms with van der Waals surface area (Å²) in [6, 6.07) is 15.7. The van der Waals surface area contributed by atoms with E-state index in [9.17, 15) is 28.6 Å². The third kappa shape index (κ3) is 6.89. The molecule has 0 saturated carbocycles. The number of rotatable bonds is 10. The predicted octanol–water partition coefficient (Wildman–Crippen LogP) is 5.21. The summed E-state index contributed by atoms with van der Waals surface area (Å²) < 4.78 is 51.3. The molecule has 0 aromatic heterocycles. The summed E-state index contributed by atoms with van der Waals surface area (Å²) in [6.45, 7) is 2.22. The topological polar surface area (TPSA) is 135 Å². The molecule has 3 heterocycles. The maximum Gasteiger partial charge on any atom is 0.321 e. The molecule has 52 heavy (non-hydrogen) atoms. The molecule has 7 rings (SSSR count). The third-order valence-corrected chi connectivity index (χ3v) is 9.72. The number of ketones is 2. The largest absolute Gasteiger partial charge is 0.454 e. The lowest BCUT2D eigenvalue weighted by Gasteiger charge is -2.36. The Morgan fingerprint density at radius 1 is 0.615 bits per heavy atom. The molecule has 2 N–H and O–H groups in total. The van der Waals surface area contributed by atoms with Gasteiger partial charge in [-0.2, -0.15) is 0 Å². The lowest BCUT2D eigenvalue weighted by molar-refractivity contribution is -0.0408. The number of aliphatic hydroxyl groups is 2. The van der Waals surface area contributed by atoms with Crippen molar-refractivity contribution in [2.24, 2.45) is 0 Å². The predicted molar refractivity (Wildman–Crippen MR) is 181 cm³/mol. The zero-order chi connectivity index (χ0) is 36.7. The molecule has 4 aromatic carbocycles. The summed E-state index contributed by atoms with van der Waals surface area (Å²) in [7, 11) is 0. The Kier molecular flexibility index (Phi) is 9.56. The Labute approximate surface area is 297 Å². The highest BCUT2D eigenvalue weighted by Gasteiger charge is 2.46. The van der Waals surface area contributed by atoms with Crippen molar-refractivity contribution in [2.45, 2.75) is 64.1 Å². The van der Waals surface area contributed by atoms with Gasteiger partial charge in [0.1, 0.15) is 23.8 Å². The van der Waals surface area contributed by atoms with E-state index in [1.807, 2.05) is 0 Å². The minimum absolute atomic E-state index is 0.0441. The molecular weight excluding hydrogens is 678 g/mol. The molecule has 1 saturated heterocycles. The van der Waals surface area contributed by atoms with E-state index >= 15 is 4.79 Å². The minimum Gasteiger partial charge on any atom is -0.454 e. The fourth-order valence-electron chi connectivity index (χ4n) is 7.00. The molecule has 4 aromatic rings. The standard InChI is InChI=1S/C39H36F2N2O9/c1-21(44)27-11-25(3-7-29(27)40)17-42-31(13-23-5-9-33-35(15-23)51-19-49-33)37(46)38(47)32(14-24-6-10-34-36(16-24)52-20-50-34)43(39(42)48)18-26-4-8-30(41)28(12-26)22(2)45/h3-12,15-16,31-32,37-38,46-47H,13-14,17-20H2,1-2H3/t31-,32-,37+,38+/m1/s1. The molecule has 0 radical (unpaired) electrons. The number of hydrogen-bond acceptors (Lipinski definition) is 9. The zero-order valence-electron chi connectivity index (χ0n) is 28.4. The highest BCUT2D eigenvalue weighted by molar-refractivity contribution is 5.95. The first-order chi connectivity index (χ1) is 25.0. The summed E-state index contributed by atoms with van der Waals surface area (Å²) in [6.07, 6.45) is -2.91. The molecule has 3 aliphatic heterocycles. The van der Waals surface area contributed by atoms with E-state index in [2.05, 4.69) is 0 Å². The fourth-order valence-corrected chi connectivity index (χ4v) is 7.00. The normalized spacial score (nSPS) is 20.6. The van der Waals surface area contributed by atoms with Crippen LogP contribution in [-0.2, 0) is 25.9 Å². The van der Waals surface area contributed by atoms with Crippen molar-refractivity contribution in [3.05, 3.63) is 118 Å². The number of Topliss-reactive ketones (excluding diaryl/α,β-unsaturated/α-hetero) is 2. The van der Waals surface area contributed by atoms with Gasteiger partial charge >= 0.3 is 6.03 Å². The number of fused-ring (bicyclic) bond motifs is 2. The number of ether oxygens (including phenoxy) is 4. The van der Waals surface area contributed by atoms with Crippen molar-refractivity contribution in [2.75, 3.05) is 13.6 Å². The van der Waals surface area contributed by atoms with E-state index in [0.717, 1.165) is 12.1 Å². The maximum absolute atomic E-state index is 15.1. The van der Waals surface area contributed by atoms with Crippen LogP contribution >= 0.6 is 0 Å². The van der Waals surface area contributed by atoms with Gasteiger partial charge in [0.05, 0.1) is 23.2 Å². The van der Waals surface area contributed by atoms with Crippen LogP contribution in [0.25, 0.3) is 0 Å². The Balaban J connectivity index is 1.33. The SMILES string of the molecule is CC(=O)c1cc(CN2C(=O)N(Cc3ccc(F)c(C(C)=O)c3)[C@H](Cc3ccc4c(c3)OCO4)[C@H](O)[C@@H](O)[C@H]2Cc2ccc3c(c2)OCO3)ccc1F. The van der Waals surface area contributed by atoms with Crippen molar-refractivity contribution in [1.82, 2.24) is 9.80 Å². The number of carbonyl (C=O) groups excluding carboxylic acids is 3. The van der Waals surface area contributed by atoms with Crippen molar-refractivity contribution in [1.29, 1.82) is 0 Å². The number of benzene rings is 4. The smallest absolute Gasteiger partial charge is 0.321 e.